The highest BCUT2D eigenvalue weighted by molar-refractivity contribution is 4.89. The normalized spacial score (nSPS) is 14.5. The molecule has 0 aliphatic heterocycles. The van der Waals surface area contributed by atoms with E-state index in [-0.39, 0.29) is 5.54 Å². The Bertz CT molecular complexity index is 183. The van der Waals surface area contributed by atoms with Crippen LogP contribution in [0.2, 0.25) is 0 Å². The molecule has 0 aromatic heterocycles. The highest BCUT2D eigenvalue weighted by Gasteiger charge is 2.20. The van der Waals surface area contributed by atoms with Crippen LogP contribution in [0.3, 0.4) is 0 Å². The Morgan fingerprint density at radius 1 is 1.33 bits per heavy atom. The maximum Gasteiger partial charge on any atom is 0.0276 e. The lowest BCUT2D eigenvalue weighted by Gasteiger charge is -2.29. The summed E-state index contributed by atoms with van der Waals surface area (Å²) in [5.74, 6) is 2.64. The lowest BCUT2D eigenvalue weighted by atomic mass is 9.94. The smallest absolute Gasteiger partial charge is 0.0276 e. The van der Waals surface area contributed by atoms with E-state index in [0.29, 0.717) is 6.54 Å². The minimum atomic E-state index is 0.0740. The summed E-state index contributed by atoms with van der Waals surface area (Å²) in [5, 5.41) is 3.46. The van der Waals surface area contributed by atoms with Crippen molar-refractivity contribution < 1.29 is 0 Å². The van der Waals surface area contributed by atoms with Gasteiger partial charge in [-0.1, -0.05) is 32.6 Å². The maximum atomic E-state index is 5.79. The topological polar surface area (TPSA) is 38.0 Å². The predicted octanol–water partition coefficient (Wildman–Crippen LogP) is 2.29. The van der Waals surface area contributed by atoms with E-state index in [1.807, 2.05) is 0 Å². The minimum absolute atomic E-state index is 0.0740. The molecule has 2 nitrogen and oxygen atoms in total. The van der Waals surface area contributed by atoms with Gasteiger partial charge in [-0.05, 0) is 13.3 Å². The molecule has 0 bridgehead atoms. The molecular formula is C13H26N2. The van der Waals surface area contributed by atoms with Gasteiger partial charge in [0.25, 0.3) is 0 Å². The number of terminal acetylenes is 1. The van der Waals surface area contributed by atoms with Crippen molar-refractivity contribution in [2.75, 3.05) is 13.1 Å². The molecular weight excluding hydrogens is 184 g/mol. The van der Waals surface area contributed by atoms with Gasteiger partial charge in [0.15, 0.2) is 0 Å². The zero-order chi connectivity index (χ0) is 11.6. The third-order valence-electron chi connectivity index (χ3n) is 2.85. The van der Waals surface area contributed by atoms with Crippen LogP contribution in [0.5, 0.6) is 0 Å². The first-order valence-corrected chi connectivity index (χ1v) is 6.07. The van der Waals surface area contributed by atoms with E-state index in [9.17, 15) is 0 Å². The second kappa shape index (κ2) is 8.76. The van der Waals surface area contributed by atoms with Crippen LogP contribution in [0.25, 0.3) is 0 Å². The molecule has 88 valence electrons. The molecule has 0 spiro atoms. The van der Waals surface area contributed by atoms with E-state index < -0.39 is 0 Å². The Balaban J connectivity index is 3.70. The Hall–Kier alpha value is -0.520. The number of hydrogen-bond donors (Lipinski definition) is 2. The molecule has 0 fully saturated rings. The molecule has 3 N–H and O–H groups in total. The molecule has 2 heteroatoms. The van der Waals surface area contributed by atoms with Gasteiger partial charge in [-0.3, -0.25) is 0 Å². The van der Waals surface area contributed by atoms with Crippen molar-refractivity contribution >= 4 is 0 Å². The van der Waals surface area contributed by atoms with Crippen molar-refractivity contribution in [1.82, 2.24) is 5.32 Å². The molecule has 0 aromatic carbocycles. The summed E-state index contributed by atoms with van der Waals surface area (Å²) in [7, 11) is 0. The highest BCUT2D eigenvalue weighted by atomic mass is 15.0. The van der Waals surface area contributed by atoms with E-state index in [4.69, 9.17) is 12.2 Å². The lowest BCUT2D eigenvalue weighted by molar-refractivity contribution is 0.330. The Labute approximate surface area is 95.0 Å². The summed E-state index contributed by atoms with van der Waals surface area (Å²) in [6, 6.07) is 0. The van der Waals surface area contributed by atoms with Gasteiger partial charge in [0.2, 0.25) is 0 Å². The second-order valence-corrected chi connectivity index (χ2v) is 4.46. The summed E-state index contributed by atoms with van der Waals surface area (Å²) in [5.41, 5.74) is 5.86. The number of nitrogens with two attached hydrogens (primary N) is 1. The second-order valence-electron chi connectivity index (χ2n) is 4.46. The van der Waals surface area contributed by atoms with Gasteiger partial charge in [-0.2, -0.15) is 0 Å². The third kappa shape index (κ3) is 7.41. The van der Waals surface area contributed by atoms with Gasteiger partial charge < -0.3 is 11.1 Å². The fraction of sp³-hybridized carbons (Fsp3) is 0.846. The van der Waals surface area contributed by atoms with Gasteiger partial charge >= 0.3 is 0 Å². The SMILES string of the molecule is C#CCCNC(C)(CN)CCCCCC. The quantitative estimate of drug-likeness (QED) is 0.452. The van der Waals surface area contributed by atoms with Crippen molar-refractivity contribution in [3.63, 3.8) is 0 Å². The monoisotopic (exact) mass is 210 g/mol. The first-order valence-electron chi connectivity index (χ1n) is 6.07. The summed E-state index contributed by atoms with van der Waals surface area (Å²) in [6.45, 7) is 5.98. The van der Waals surface area contributed by atoms with Crippen LogP contribution in [0.15, 0.2) is 0 Å². The standard InChI is InChI=1S/C13H26N2/c1-4-6-8-9-10-13(3,12-14)15-11-7-5-2/h2,15H,4,6-12,14H2,1,3H3. The molecule has 0 saturated carbocycles. The highest BCUT2D eigenvalue weighted by Crippen LogP contribution is 2.14. The minimum Gasteiger partial charge on any atom is -0.329 e. The van der Waals surface area contributed by atoms with E-state index in [1.165, 1.54) is 25.7 Å². The van der Waals surface area contributed by atoms with Crippen LogP contribution in [0.1, 0.15) is 52.4 Å². The lowest BCUT2D eigenvalue weighted by Crippen LogP contribution is -2.48. The van der Waals surface area contributed by atoms with Crippen LogP contribution in [-0.2, 0) is 0 Å². The first-order chi connectivity index (χ1) is 7.18. The average Bonchev–Trinajstić information content (AvgIpc) is 2.25. The van der Waals surface area contributed by atoms with Crippen LogP contribution in [0, 0.1) is 12.3 Å². The zero-order valence-corrected chi connectivity index (χ0v) is 10.3. The van der Waals surface area contributed by atoms with Crippen LogP contribution in [-0.4, -0.2) is 18.6 Å². The van der Waals surface area contributed by atoms with Gasteiger partial charge in [-0.15, -0.1) is 12.3 Å². The number of nitrogens with one attached hydrogen (secondary N) is 1. The van der Waals surface area contributed by atoms with Crippen molar-refractivity contribution in [3.05, 3.63) is 0 Å². The number of rotatable bonds is 9. The summed E-state index contributed by atoms with van der Waals surface area (Å²) in [6.07, 6.45) is 12.3. The summed E-state index contributed by atoms with van der Waals surface area (Å²) < 4.78 is 0. The van der Waals surface area contributed by atoms with Crippen molar-refractivity contribution in [2.45, 2.75) is 57.9 Å². The van der Waals surface area contributed by atoms with Crippen molar-refractivity contribution in [2.24, 2.45) is 5.73 Å². The molecule has 0 amide bonds. The fourth-order valence-electron chi connectivity index (χ4n) is 1.64. The van der Waals surface area contributed by atoms with Gasteiger partial charge in [0, 0.05) is 25.0 Å². The molecule has 15 heavy (non-hydrogen) atoms. The first kappa shape index (κ1) is 14.5. The number of hydrogen-bond acceptors (Lipinski definition) is 2. The van der Waals surface area contributed by atoms with E-state index in [1.54, 1.807) is 0 Å². The molecule has 0 aliphatic rings. The zero-order valence-electron chi connectivity index (χ0n) is 10.3. The van der Waals surface area contributed by atoms with Gasteiger partial charge in [0.05, 0.1) is 0 Å². The molecule has 0 heterocycles. The van der Waals surface area contributed by atoms with Crippen molar-refractivity contribution in [1.29, 1.82) is 0 Å². The van der Waals surface area contributed by atoms with Crippen LogP contribution < -0.4 is 11.1 Å². The largest absolute Gasteiger partial charge is 0.329 e. The van der Waals surface area contributed by atoms with E-state index in [2.05, 4.69) is 25.1 Å². The Kier molecular flexibility index (Phi) is 8.46. The Morgan fingerprint density at radius 3 is 2.60 bits per heavy atom. The molecule has 0 aliphatic carbocycles. The third-order valence-corrected chi connectivity index (χ3v) is 2.85. The molecule has 0 radical (unpaired) electrons. The summed E-state index contributed by atoms with van der Waals surface area (Å²) >= 11 is 0. The van der Waals surface area contributed by atoms with E-state index >= 15 is 0 Å². The number of unbranched alkanes of at least 4 members (excludes halogenated alkanes) is 3. The average molecular weight is 210 g/mol. The molecule has 0 saturated heterocycles. The van der Waals surface area contributed by atoms with Crippen LogP contribution in [0.4, 0.5) is 0 Å². The molecule has 1 unspecified atom stereocenters. The molecule has 1 atom stereocenters. The van der Waals surface area contributed by atoms with Gasteiger partial charge in [-0.25, -0.2) is 0 Å². The van der Waals surface area contributed by atoms with Crippen molar-refractivity contribution in [3.8, 4) is 12.3 Å². The summed E-state index contributed by atoms with van der Waals surface area (Å²) in [4.78, 5) is 0. The molecule has 0 aromatic rings. The van der Waals surface area contributed by atoms with Crippen LogP contribution >= 0.6 is 0 Å². The molecule has 0 rings (SSSR count). The van der Waals surface area contributed by atoms with Gasteiger partial charge in [0.1, 0.15) is 0 Å². The van der Waals surface area contributed by atoms with E-state index in [0.717, 1.165) is 19.4 Å². The Morgan fingerprint density at radius 2 is 2.07 bits per heavy atom. The predicted molar refractivity (Wildman–Crippen MR) is 67.7 cm³/mol. The fourth-order valence-corrected chi connectivity index (χ4v) is 1.64. The maximum absolute atomic E-state index is 5.79.